The van der Waals surface area contributed by atoms with Crippen LogP contribution in [0, 0.1) is 5.82 Å². The van der Waals surface area contributed by atoms with Gasteiger partial charge < -0.3 is 4.90 Å². The van der Waals surface area contributed by atoms with E-state index < -0.39 is 15.8 Å². The molecule has 0 saturated carbocycles. The molecule has 0 amide bonds. The van der Waals surface area contributed by atoms with Crippen molar-refractivity contribution in [3.8, 4) is 0 Å². The van der Waals surface area contributed by atoms with Crippen molar-refractivity contribution in [2.24, 2.45) is 0 Å². The van der Waals surface area contributed by atoms with E-state index in [-0.39, 0.29) is 4.90 Å². The minimum atomic E-state index is -3.63. The van der Waals surface area contributed by atoms with Crippen LogP contribution in [0.5, 0.6) is 0 Å². The summed E-state index contributed by atoms with van der Waals surface area (Å²) >= 11 is 0. The van der Waals surface area contributed by atoms with E-state index in [1.54, 1.807) is 0 Å². The maximum atomic E-state index is 13.4. The summed E-state index contributed by atoms with van der Waals surface area (Å²) in [5, 5.41) is 1.15. The minimum Gasteiger partial charge on any atom is -0.301 e. The minimum absolute atomic E-state index is 0.0229. The number of aromatic nitrogens is 1. The van der Waals surface area contributed by atoms with E-state index in [1.807, 2.05) is 24.4 Å². The van der Waals surface area contributed by atoms with Gasteiger partial charge in [0.15, 0.2) is 0 Å². The second-order valence-electron chi connectivity index (χ2n) is 7.34. The van der Waals surface area contributed by atoms with Crippen LogP contribution in [0.2, 0.25) is 0 Å². The molecule has 0 spiro atoms. The smallest absolute Gasteiger partial charge is 0.243 e. The molecule has 1 saturated heterocycles. The molecule has 1 aromatic heterocycles. The van der Waals surface area contributed by atoms with Crippen molar-refractivity contribution < 1.29 is 12.8 Å². The van der Waals surface area contributed by atoms with Gasteiger partial charge in [-0.3, -0.25) is 4.98 Å². The van der Waals surface area contributed by atoms with Gasteiger partial charge in [0, 0.05) is 37.8 Å². The number of hydrogen-bond donors (Lipinski definition) is 0. The Kier molecular flexibility index (Phi) is 5.89. The van der Waals surface area contributed by atoms with Gasteiger partial charge in [0.25, 0.3) is 0 Å². The molecule has 5 nitrogen and oxygen atoms in total. The largest absolute Gasteiger partial charge is 0.301 e. The van der Waals surface area contributed by atoms with Gasteiger partial charge in [0.05, 0.1) is 10.4 Å². The number of aryl methyl sites for hydroxylation is 1. The molecular formula is C22H24FN3O2S. The van der Waals surface area contributed by atoms with Crippen LogP contribution in [0.25, 0.3) is 10.9 Å². The van der Waals surface area contributed by atoms with Crippen molar-refractivity contribution in [2.75, 3.05) is 32.7 Å². The fraction of sp³-hybridized carbons (Fsp3) is 0.318. The highest BCUT2D eigenvalue weighted by atomic mass is 32.2. The molecule has 29 heavy (non-hydrogen) atoms. The molecule has 0 bridgehead atoms. The van der Waals surface area contributed by atoms with Gasteiger partial charge >= 0.3 is 0 Å². The van der Waals surface area contributed by atoms with Crippen molar-refractivity contribution in [1.29, 1.82) is 0 Å². The van der Waals surface area contributed by atoms with E-state index in [1.165, 1.54) is 28.1 Å². The Bertz CT molecular complexity index is 1100. The van der Waals surface area contributed by atoms with E-state index in [0.29, 0.717) is 26.2 Å². The number of piperazine rings is 1. The highest BCUT2D eigenvalue weighted by molar-refractivity contribution is 7.89. The first-order valence-corrected chi connectivity index (χ1v) is 11.3. The normalized spacial score (nSPS) is 16.3. The van der Waals surface area contributed by atoms with Crippen LogP contribution in [0.4, 0.5) is 4.39 Å². The molecule has 1 fully saturated rings. The highest BCUT2D eigenvalue weighted by Crippen LogP contribution is 2.19. The van der Waals surface area contributed by atoms with Gasteiger partial charge in [0.2, 0.25) is 10.0 Å². The quantitative estimate of drug-likeness (QED) is 0.622. The third-order valence-corrected chi connectivity index (χ3v) is 7.25. The number of fused-ring (bicyclic) bond motifs is 1. The first-order valence-electron chi connectivity index (χ1n) is 9.84. The molecule has 2 aromatic carbocycles. The van der Waals surface area contributed by atoms with Gasteiger partial charge in [-0.15, -0.1) is 0 Å². The number of pyridine rings is 1. The number of halogens is 1. The van der Waals surface area contributed by atoms with Crippen LogP contribution >= 0.6 is 0 Å². The molecular weight excluding hydrogens is 389 g/mol. The third-order valence-electron chi connectivity index (χ3n) is 5.35. The number of rotatable bonds is 6. The predicted molar refractivity (Wildman–Crippen MR) is 112 cm³/mol. The number of benzene rings is 2. The maximum Gasteiger partial charge on any atom is 0.243 e. The summed E-state index contributed by atoms with van der Waals surface area (Å²) in [6, 6.07) is 15.5. The summed E-state index contributed by atoms with van der Waals surface area (Å²) in [6.45, 7) is 3.14. The lowest BCUT2D eigenvalue weighted by atomic mass is 10.1. The fourth-order valence-corrected chi connectivity index (χ4v) is 5.18. The maximum absolute atomic E-state index is 13.4. The summed E-state index contributed by atoms with van der Waals surface area (Å²) in [4.78, 5) is 6.81. The van der Waals surface area contributed by atoms with Gasteiger partial charge in [-0.2, -0.15) is 4.31 Å². The zero-order valence-electron chi connectivity index (χ0n) is 16.2. The van der Waals surface area contributed by atoms with Crippen LogP contribution in [-0.4, -0.2) is 55.3 Å². The Morgan fingerprint density at radius 3 is 2.55 bits per heavy atom. The first kappa shape index (κ1) is 19.9. The van der Waals surface area contributed by atoms with E-state index in [2.05, 4.69) is 22.0 Å². The number of nitrogens with zero attached hydrogens (tertiary/aromatic N) is 3. The Morgan fingerprint density at radius 1 is 0.966 bits per heavy atom. The van der Waals surface area contributed by atoms with Crippen LogP contribution in [-0.2, 0) is 16.4 Å². The molecule has 0 radical (unpaired) electrons. The lowest BCUT2D eigenvalue weighted by Gasteiger charge is -2.34. The second kappa shape index (κ2) is 8.57. The topological polar surface area (TPSA) is 53.5 Å². The summed E-state index contributed by atoms with van der Waals surface area (Å²) in [6.07, 6.45) is 3.88. The average Bonchev–Trinajstić information content (AvgIpc) is 2.74. The Morgan fingerprint density at radius 2 is 1.76 bits per heavy atom. The molecule has 7 heteroatoms. The van der Waals surface area contributed by atoms with Crippen molar-refractivity contribution in [1.82, 2.24) is 14.2 Å². The molecule has 2 heterocycles. The Labute approximate surface area is 170 Å². The molecule has 0 unspecified atom stereocenters. The van der Waals surface area contributed by atoms with Crippen LogP contribution in [0.15, 0.2) is 65.7 Å². The number of hydrogen-bond acceptors (Lipinski definition) is 4. The molecule has 4 rings (SSSR count). The van der Waals surface area contributed by atoms with Crippen molar-refractivity contribution >= 4 is 20.9 Å². The first-order chi connectivity index (χ1) is 14.0. The van der Waals surface area contributed by atoms with Crippen LogP contribution in [0.1, 0.15) is 12.0 Å². The summed E-state index contributed by atoms with van der Waals surface area (Å²) in [5.41, 5.74) is 2.22. The zero-order valence-corrected chi connectivity index (χ0v) is 17.0. The van der Waals surface area contributed by atoms with Crippen molar-refractivity contribution in [3.05, 3.63) is 72.2 Å². The molecule has 152 valence electrons. The molecule has 3 aromatic rings. The van der Waals surface area contributed by atoms with Crippen LogP contribution < -0.4 is 0 Å². The monoisotopic (exact) mass is 413 g/mol. The third kappa shape index (κ3) is 4.63. The van der Waals surface area contributed by atoms with Gasteiger partial charge in [-0.1, -0.05) is 24.3 Å². The average molecular weight is 414 g/mol. The van der Waals surface area contributed by atoms with E-state index >= 15 is 0 Å². The summed E-state index contributed by atoms with van der Waals surface area (Å²) in [7, 11) is -3.63. The van der Waals surface area contributed by atoms with Gasteiger partial charge in [-0.25, -0.2) is 12.8 Å². The molecule has 1 aliphatic rings. The molecule has 0 atom stereocenters. The SMILES string of the molecule is O=S(=O)(c1cccc(F)c1)N1CCN(CCCc2cnc3ccccc3c2)CC1. The molecule has 0 aliphatic carbocycles. The van der Waals surface area contributed by atoms with Gasteiger partial charge in [-0.05, 0) is 55.3 Å². The Hall–Kier alpha value is -2.35. The fourth-order valence-electron chi connectivity index (χ4n) is 3.73. The summed E-state index contributed by atoms with van der Waals surface area (Å²) in [5.74, 6) is -0.534. The van der Waals surface area contributed by atoms with Gasteiger partial charge in [0.1, 0.15) is 5.82 Å². The Balaban J connectivity index is 1.28. The lowest BCUT2D eigenvalue weighted by Crippen LogP contribution is -2.48. The number of para-hydroxylation sites is 1. The lowest BCUT2D eigenvalue weighted by molar-refractivity contribution is 0.187. The van der Waals surface area contributed by atoms with E-state index in [0.717, 1.165) is 36.4 Å². The zero-order chi connectivity index (χ0) is 20.3. The van der Waals surface area contributed by atoms with Crippen LogP contribution in [0.3, 0.4) is 0 Å². The predicted octanol–water partition coefficient (Wildman–Crippen LogP) is 3.31. The standard InChI is InChI=1S/C22H24FN3O2S/c23-20-7-3-8-21(16-20)29(27,28)26-13-11-25(12-14-26)10-4-5-18-15-19-6-1-2-9-22(19)24-17-18/h1-3,6-9,15-17H,4-5,10-14H2. The highest BCUT2D eigenvalue weighted by Gasteiger charge is 2.28. The van der Waals surface area contributed by atoms with E-state index in [4.69, 9.17) is 0 Å². The van der Waals surface area contributed by atoms with E-state index in [9.17, 15) is 12.8 Å². The summed E-state index contributed by atoms with van der Waals surface area (Å²) < 4.78 is 40.2. The van der Waals surface area contributed by atoms with Crippen molar-refractivity contribution in [3.63, 3.8) is 0 Å². The number of sulfonamides is 1. The van der Waals surface area contributed by atoms with Crippen molar-refractivity contribution in [2.45, 2.75) is 17.7 Å². The second-order valence-corrected chi connectivity index (χ2v) is 9.28. The molecule has 1 aliphatic heterocycles. The molecule has 0 N–H and O–H groups in total.